The Morgan fingerprint density at radius 1 is 1.09 bits per heavy atom. The van der Waals surface area contributed by atoms with Crippen LogP contribution in [-0.2, 0) is 32.3 Å². The van der Waals surface area contributed by atoms with Crippen LogP contribution in [0.5, 0.6) is 0 Å². The van der Waals surface area contributed by atoms with E-state index in [1.165, 1.54) is 0 Å². The Bertz CT molecular complexity index is 192. The molecule has 0 amide bonds. The standard InChI is InChI=1S/Cr.H3O4P.H2O4S/c;2*1-5(2,3)4/h;(H3,1,2,3,4);(H2,1,2,3,4)/q+3;;/p-3. The van der Waals surface area contributed by atoms with E-state index < -0.39 is 18.2 Å². The Kier molecular flexibility index (Phi) is 9.70. The van der Waals surface area contributed by atoms with Crippen LogP contribution in [0.1, 0.15) is 0 Å². The summed E-state index contributed by atoms with van der Waals surface area (Å²) < 4.78 is 40.1. The number of hydrogen-bond donors (Lipinski definition) is 2. The molecule has 0 bridgehead atoms. The summed E-state index contributed by atoms with van der Waals surface area (Å²) in [5.74, 6) is 0. The molecule has 0 aliphatic carbocycles. The summed E-state index contributed by atoms with van der Waals surface area (Å²) in [5, 5.41) is 0. The summed E-state index contributed by atoms with van der Waals surface area (Å²) in [7, 11) is -10.1. The molecule has 0 aliphatic rings. The molecule has 0 rings (SSSR count). The van der Waals surface area contributed by atoms with E-state index in [1.807, 2.05) is 0 Å². The molecule has 2 N–H and O–H groups in total. The molecule has 0 fully saturated rings. The van der Waals surface area contributed by atoms with Crippen LogP contribution < -0.4 is 14.7 Å². The van der Waals surface area contributed by atoms with Crippen LogP contribution in [0.15, 0.2) is 0 Å². The smallest absolute Gasteiger partial charge is 0.822 e. The van der Waals surface area contributed by atoms with E-state index in [2.05, 4.69) is 0 Å². The maximum Gasteiger partial charge on any atom is 3.00 e. The number of hydrogen-bond acceptors (Lipinski definition) is 6. The molecule has 8 nitrogen and oxygen atoms in total. The average molecular weight is 245 g/mol. The molecule has 0 unspecified atom stereocenters. The molecule has 0 aromatic carbocycles. The molecule has 0 saturated carbocycles. The predicted octanol–water partition coefficient (Wildman–Crippen LogP) is -3.48. The predicted molar refractivity (Wildman–Crippen MR) is 21.8 cm³/mol. The van der Waals surface area contributed by atoms with Crippen molar-refractivity contribution in [1.82, 2.24) is 0 Å². The monoisotopic (exact) mass is 245 g/mol. The van der Waals surface area contributed by atoms with E-state index in [9.17, 15) is 0 Å². The quantitative estimate of drug-likeness (QED) is 0.328. The first-order valence-corrected chi connectivity index (χ1v) is 4.29. The van der Waals surface area contributed by atoms with Gasteiger partial charge in [-0.05, 0) is 0 Å². The molecule has 0 aromatic rings. The SMILES string of the molecule is O=P([O-])([O-])[O-].O=S(=O)(O)O.[Cr+3]. The molecule has 67 valence electrons. The van der Waals surface area contributed by atoms with Crippen LogP contribution in [0, 0.1) is 0 Å². The Labute approximate surface area is 72.8 Å². The van der Waals surface area contributed by atoms with Crippen LogP contribution in [0.2, 0.25) is 0 Å². The van der Waals surface area contributed by atoms with Crippen molar-refractivity contribution in [3.63, 3.8) is 0 Å². The van der Waals surface area contributed by atoms with Gasteiger partial charge in [0.1, 0.15) is 0 Å². The van der Waals surface area contributed by atoms with Crippen molar-refractivity contribution in [1.29, 1.82) is 0 Å². The second-order valence-electron chi connectivity index (χ2n) is 0.895. The first kappa shape index (κ1) is 17.6. The Morgan fingerprint density at radius 2 is 1.09 bits per heavy atom. The van der Waals surface area contributed by atoms with Crippen molar-refractivity contribution in [2.75, 3.05) is 0 Å². The summed E-state index contributed by atoms with van der Waals surface area (Å²) in [4.78, 5) is 25.6. The minimum absolute atomic E-state index is 0. The molecule has 11 heavy (non-hydrogen) atoms. The topological polar surface area (TPSA) is 161 Å². The van der Waals surface area contributed by atoms with Gasteiger partial charge in [0, 0.05) is 0 Å². The van der Waals surface area contributed by atoms with Crippen molar-refractivity contribution in [3.05, 3.63) is 0 Å². The zero-order valence-electron chi connectivity index (χ0n) is 4.61. The summed E-state index contributed by atoms with van der Waals surface area (Å²) in [6, 6.07) is 0. The van der Waals surface area contributed by atoms with Gasteiger partial charge in [0.15, 0.2) is 0 Å². The molecule has 0 aliphatic heterocycles. The first-order valence-electron chi connectivity index (χ1n) is 1.43. The molecule has 0 saturated heterocycles. The van der Waals surface area contributed by atoms with Crippen LogP contribution in [-0.4, -0.2) is 17.5 Å². The molecule has 0 aromatic heterocycles. The normalized spacial score (nSPS) is 10.6. The third-order valence-corrected chi connectivity index (χ3v) is 0. The summed E-state index contributed by atoms with van der Waals surface area (Å²) in [6.07, 6.45) is 0. The van der Waals surface area contributed by atoms with Crippen molar-refractivity contribution in [2.45, 2.75) is 0 Å². The minimum atomic E-state index is -5.39. The van der Waals surface area contributed by atoms with Gasteiger partial charge in [0.2, 0.25) is 0 Å². The molecule has 0 heterocycles. The fourth-order valence-electron chi connectivity index (χ4n) is 0. The van der Waals surface area contributed by atoms with Crippen LogP contribution in [0.3, 0.4) is 0 Å². The van der Waals surface area contributed by atoms with Crippen LogP contribution in [0.25, 0.3) is 0 Å². The Morgan fingerprint density at radius 3 is 1.09 bits per heavy atom. The van der Waals surface area contributed by atoms with E-state index >= 15 is 0 Å². The van der Waals surface area contributed by atoms with E-state index in [0.29, 0.717) is 0 Å². The fraction of sp³-hybridized carbons (Fsp3) is 0. The van der Waals surface area contributed by atoms with Gasteiger partial charge in [-0.3, -0.25) is 9.11 Å². The summed E-state index contributed by atoms with van der Waals surface area (Å²) in [5.41, 5.74) is 0. The van der Waals surface area contributed by atoms with Gasteiger partial charge in [0.25, 0.3) is 0 Å². The molecular weight excluding hydrogens is 243 g/mol. The third kappa shape index (κ3) is 2900. The van der Waals surface area contributed by atoms with Crippen molar-refractivity contribution < 1.29 is 54.1 Å². The van der Waals surface area contributed by atoms with Crippen molar-refractivity contribution in [3.8, 4) is 0 Å². The van der Waals surface area contributed by atoms with Gasteiger partial charge < -0.3 is 19.2 Å². The average Bonchev–Trinajstić information content (AvgIpc) is 1.12. The molecule has 1 radical (unpaired) electrons. The van der Waals surface area contributed by atoms with Gasteiger partial charge in [-0.2, -0.15) is 16.2 Å². The zero-order valence-corrected chi connectivity index (χ0v) is 7.59. The largest absolute Gasteiger partial charge is 3.00 e. The van der Waals surface area contributed by atoms with Gasteiger partial charge in [-0.15, -0.1) is 0 Å². The molecule has 11 heteroatoms. The van der Waals surface area contributed by atoms with E-state index in [0.717, 1.165) is 0 Å². The number of phosphoric acid groups is 1. The summed E-state index contributed by atoms with van der Waals surface area (Å²) >= 11 is 0. The second kappa shape index (κ2) is 6.08. The summed E-state index contributed by atoms with van der Waals surface area (Å²) in [6.45, 7) is 0. The van der Waals surface area contributed by atoms with E-state index in [4.69, 9.17) is 36.8 Å². The first-order chi connectivity index (χ1) is 4.00. The Balaban J connectivity index is -0.000000107. The molecular formula is H2CrO8PS. The third-order valence-electron chi connectivity index (χ3n) is 0. The van der Waals surface area contributed by atoms with Gasteiger partial charge in [0.05, 0.1) is 0 Å². The van der Waals surface area contributed by atoms with Crippen molar-refractivity contribution >= 4 is 18.2 Å². The van der Waals surface area contributed by atoms with Gasteiger partial charge in [-0.25, -0.2) is 0 Å². The maximum absolute atomic E-state index is 8.74. The number of rotatable bonds is 0. The fourth-order valence-corrected chi connectivity index (χ4v) is 0. The zero-order chi connectivity index (χ0) is 9.00. The van der Waals surface area contributed by atoms with Crippen LogP contribution in [0.4, 0.5) is 0 Å². The van der Waals surface area contributed by atoms with Gasteiger partial charge >= 0.3 is 27.8 Å². The Hall–Kier alpha value is 0.512. The molecule has 0 spiro atoms. The maximum atomic E-state index is 8.74. The van der Waals surface area contributed by atoms with Gasteiger partial charge in [-0.1, -0.05) is 0 Å². The van der Waals surface area contributed by atoms with E-state index in [-0.39, 0.29) is 17.4 Å². The van der Waals surface area contributed by atoms with Crippen LogP contribution >= 0.6 is 7.82 Å². The molecule has 0 atom stereocenters. The van der Waals surface area contributed by atoms with E-state index in [1.54, 1.807) is 0 Å². The van der Waals surface area contributed by atoms with Crippen molar-refractivity contribution in [2.24, 2.45) is 0 Å². The second-order valence-corrected chi connectivity index (χ2v) is 2.69. The minimum Gasteiger partial charge on any atom is -0.822 e.